The third-order valence-electron chi connectivity index (χ3n) is 6.42. The molecule has 1 aliphatic carbocycles. The number of rotatable bonds is 5. The highest BCUT2D eigenvalue weighted by molar-refractivity contribution is 6.00. The monoisotopic (exact) mass is 405 g/mol. The van der Waals surface area contributed by atoms with Gasteiger partial charge in [0.1, 0.15) is 0 Å². The Morgan fingerprint density at radius 2 is 1.81 bits per heavy atom. The summed E-state index contributed by atoms with van der Waals surface area (Å²) in [6.07, 6.45) is 5.13. The summed E-state index contributed by atoms with van der Waals surface area (Å²) >= 11 is 0. The highest BCUT2D eigenvalue weighted by Crippen LogP contribution is 2.41. The van der Waals surface area contributed by atoms with Gasteiger partial charge in [-0.1, -0.05) is 36.4 Å². The van der Waals surface area contributed by atoms with E-state index in [2.05, 4.69) is 41.4 Å². The molecular formula is C27H23N3O. The quantitative estimate of drug-likeness (QED) is 0.448. The lowest BCUT2D eigenvalue weighted by Gasteiger charge is -2.15. The molecule has 2 aromatic heterocycles. The first-order valence-corrected chi connectivity index (χ1v) is 11.0. The Morgan fingerprint density at radius 3 is 2.71 bits per heavy atom. The maximum absolute atomic E-state index is 13.1. The van der Waals surface area contributed by atoms with E-state index in [0.29, 0.717) is 19.0 Å². The van der Waals surface area contributed by atoms with E-state index in [-0.39, 0.29) is 5.91 Å². The van der Waals surface area contributed by atoms with E-state index >= 15 is 0 Å². The van der Waals surface area contributed by atoms with Gasteiger partial charge in [-0.15, -0.1) is 0 Å². The van der Waals surface area contributed by atoms with Crippen LogP contribution in [0.25, 0.3) is 22.0 Å². The number of hydrogen-bond acceptors (Lipinski definition) is 3. The SMILES string of the molecule is O=C1c2cccc(-c3ccnc(C4CC4)c3)c2CN1CCc1ccc2ccccc2n1. The Morgan fingerprint density at radius 1 is 0.935 bits per heavy atom. The summed E-state index contributed by atoms with van der Waals surface area (Å²) in [5.41, 5.74) is 7.48. The van der Waals surface area contributed by atoms with E-state index in [4.69, 9.17) is 4.98 Å². The maximum Gasteiger partial charge on any atom is 0.254 e. The molecule has 1 saturated carbocycles. The van der Waals surface area contributed by atoms with Crippen LogP contribution in [0, 0.1) is 0 Å². The van der Waals surface area contributed by atoms with Crippen molar-refractivity contribution in [2.24, 2.45) is 0 Å². The summed E-state index contributed by atoms with van der Waals surface area (Å²) < 4.78 is 0. The molecule has 2 aromatic carbocycles. The Balaban J connectivity index is 1.24. The van der Waals surface area contributed by atoms with Crippen LogP contribution in [0.2, 0.25) is 0 Å². The van der Waals surface area contributed by atoms with Crippen molar-refractivity contribution in [3.8, 4) is 11.1 Å². The van der Waals surface area contributed by atoms with Crippen molar-refractivity contribution in [3.63, 3.8) is 0 Å². The van der Waals surface area contributed by atoms with Gasteiger partial charge in [0.25, 0.3) is 5.91 Å². The first-order chi connectivity index (χ1) is 15.3. The van der Waals surface area contributed by atoms with Gasteiger partial charge in [-0.05, 0) is 59.9 Å². The number of aromatic nitrogens is 2. The topological polar surface area (TPSA) is 46.1 Å². The molecule has 0 radical (unpaired) electrons. The van der Waals surface area contributed by atoms with Crippen molar-refractivity contribution < 1.29 is 4.79 Å². The number of amides is 1. The molecule has 0 N–H and O–H groups in total. The highest BCUT2D eigenvalue weighted by atomic mass is 16.2. The zero-order valence-corrected chi connectivity index (χ0v) is 17.3. The van der Waals surface area contributed by atoms with Crippen molar-refractivity contribution in [2.45, 2.75) is 31.7 Å². The number of fused-ring (bicyclic) bond motifs is 2. The molecule has 2 aliphatic rings. The fraction of sp³-hybridized carbons (Fsp3) is 0.222. The van der Waals surface area contributed by atoms with Gasteiger partial charge in [0.15, 0.2) is 0 Å². The van der Waals surface area contributed by atoms with Crippen molar-refractivity contribution >= 4 is 16.8 Å². The van der Waals surface area contributed by atoms with Crippen LogP contribution in [-0.4, -0.2) is 27.3 Å². The minimum atomic E-state index is 0.120. The van der Waals surface area contributed by atoms with Crippen molar-refractivity contribution in [1.29, 1.82) is 0 Å². The van der Waals surface area contributed by atoms with Gasteiger partial charge in [-0.2, -0.15) is 0 Å². The molecule has 152 valence electrons. The highest BCUT2D eigenvalue weighted by Gasteiger charge is 2.30. The number of benzene rings is 2. The minimum Gasteiger partial charge on any atom is -0.334 e. The summed E-state index contributed by atoms with van der Waals surface area (Å²) in [4.78, 5) is 24.4. The normalized spacial score (nSPS) is 15.5. The summed E-state index contributed by atoms with van der Waals surface area (Å²) in [5.74, 6) is 0.735. The molecule has 0 saturated heterocycles. The third kappa shape index (κ3) is 3.38. The maximum atomic E-state index is 13.1. The third-order valence-corrected chi connectivity index (χ3v) is 6.42. The van der Waals surface area contributed by atoms with Crippen LogP contribution in [0.4, 0.5) is 0 Å². The molecule has 4 aromatic rings. The lowest BCUT2D eigenvalue weighted by molar-refractivity contribution is 0.0780. The zero-order chi connectivity index (χ0) is 20.8. The Kier molecular flexibility index (Phi) is 4.30. The lowest BCUT2D eigenvalue weighted by atomic mass is 9.97. The number of carbonyl (C=O) groups is 1. The van der Waals surface area contributed by atoms with Crippen molar-refractivity contribution in [3.05, 3.63) is 95.4 Å². The molecule has 0 spiro atoms. The van der Waals surface area contributed by atoms with Gasteiger partial charge < -0.3 is 4.90 Å². The standard InChI is InChI=1S/C27H23N3O/c31-27-23-6-3-5-22(20-12-14-28-26(16-20)19-8-9-19)24(23)17-30(27)15-13-21-11-10-18-4-1-2-7-25(18)29-21/h1-7,10-12,14,16,19H,8-9,13,15,17H2. The van der Waals surface area contributed by atoms with E-state index in [1.165, 1.54) is 24.1 Å². The number of carbonyl (C=O) groups excluding carboxylic acids is 1. The average Bonchev–Trinajstić information content (AvgIpc) is 3.62. The number of para-hydroxylation sites is 1. The minimum absolute atomic E-state index is 0.120. The second-order valence-corrected chi connectivity index (χ2v) is 8.55. The molecule has 4 nitrogen and oxygen atoms in total. The van der Waals surface area contributed by atoms with Gasteiger partial charge in [0.05, 0.1) is 5.52 Å². The fourth-order valence-corrected chi connectivity index (χ4v) is 4.56. The number of pyridine rings is 2. The lowest BCUT2D eigenvalue weighted by Crippen LogP contribution is -2.26. The zero-order valence-electron chi connectivity index (χ0n) is 17.3. The van der Waals surface area contributed by atoms with E-state index in [1.54, 1.807) is 0 Å². The summed E-state index contributed by atoms with van der Waals surface area (Å²) in [5, 5.41) is 1.14. The van der Waals surface area contributed by atoms with E-state index in [9.17, 15) is 4.79 Å². The molecule has 31 heavy (non-hydrogen) atoms. The molecule has 3 heterocycles. The predicted octanol–water partition coefficient (Wildman–Crippen LogP) is 5.37. The van der Waals surface area contributed by atoms with E-state index in [0.717, 1.165) is 39.7 Å². The molecular weight excluding hydrogens is 382 g/mol. The average molecular weight is 406 g/mol. The van der Waals surface area contributed by atoms with Crippen LogP contribution in [0.1, 0.15) is 46.1 Å². The molecule has 0 bridgehead atoms. The number of nitrogens with zero attached hydrogens (tertiary/aromatic N) is 3. The second kappa shape index (κ2) is 7.31. The van der Waals surface area contributed by atoms with Crippen molar-refractivity contribution in [2.75, 3.05) is 6.54 Å². The second-order valence-electron chi connectivity index (χ2n) is 8.55. The molecule has 1 aliphatic heterocycles. The van der Waals surface area contributed by atoms with Crippen LogP contribution >= 0.6 is 0 Å². The van der Waals surface area contributed by atoms with Crippen LogP contribution in [0.3, 0.4) is 0 Å². The molecule has 1 amide bonds. The van der Waals surface area contributed by atoms with E-state index < -0.39 is 0 Å². The first kappa shape index (κ1) is 18.3. The molecule has 1 fully saturated rings. The van der Waals surface area contributed by atoms with Crippen LogP contribution in [0.15, 0.2) is 72.9 Å². The molecule has 0 unspecified atom stereocenters. The van der Waals surface area contributed by atoms with Gasteiger partial charge in [0, 0.05) is 54.0 Å². The van der Waals surface area contributed by atoms with Crippen LogP contribution in [-0.2, 0) is 13.0 Å². The van der Waals surface area contributed by atoms with Crippen LogP contribution < -0.4 is 0 Å². The first-order valence-electron chi connectivity index (χ1n) is 11.0. The molecule has 4 heteroatoms. The van der Waals surface area contributed by atoms with Crippen LogP contribution in [0.5, 0.6) is 0 Å². The fourth-order valence-electron chi connectivity index (χ4n) is 4.56. The van der Waals surface area contributed by atoms with Gasteiger partial charge in [-0.25, -0.2) is 0 Å². The summed E-state index contributed by atoms with van der Waals surface area (Å²) in [6, 6.07) is 22.7. The Labute approximate surface area is 181 Å². The summed E-state index contributed by atoms with van der Waals surface area (Å²) in [7, 11) is 0. The van der Waals surface area contributed by atoms with E-state index in [1.807, 2.05) is 41.4 Å². The smallest absolute Gasteiger partial charge is 0.254 e. The van der Waals surface area contributed by atoms with Gasteiger partial charge in [-0.3, -0.25) is 14.8 Å². The number of hydrogen-bond donors (Lipinski definition) is 0. The van der Waals surface area contributed by atoms with Gasteiger partial charge >= 0.3 is 0 Å². The predicted molar refractivity (Wildman–Crippen MR) is 122 cm³/mol. The Hall–Kier alpha value is -3.53. The molecule has 6 rings (SSSR count). The Bertz CT molecular complexity index is 1310. The largest absolute Gasteiger partial charge is 0.334 e. The van der Waals surface area contributed by atoms with Crippen molar-refractivity contribution in [1.82, 2.24) is 14.9 Å². The summed E-state index contributed by atoms with van der Waals surface area (Å²) in [6.45, 7) is 1.32. The molecule has 0 atom stereocenters. The van der Waals surface area contributed by atoms with Gasteiger partial charge in [0.2, 0.25) is 0 Å².